The number of benzene rings is 1. The average Bonchev–Trinajstić information content (AvgIpc) is 3.37. The number of halogens is 1. The normalized spacial score (nSPS) is 20.3. The first kappa shape index (κ1) is 22.7. The van der Waals surface area contributed by atoms with E-state index in [1.54, 1.807) is 19.2 Å². The van der Waals surface area contributed by atoms with Gasteiger partial charge >= 0.3 is 0 Å². The molecule has 1 aromatic carbocycles. The molecule has 0 radical (unpaired) electrons. The summed E-state index contributed by atoms with van der Waals surface area (Å²) in [5.74, 6) is 1.79. The second-order valence-electron chi connectivity index (χ2n) is 8.64. The number of nitrogens with one attached hydrogen (secondary N) is 1. The fourth-order valence-electron chi connectivity index (χ4n) is 4.70. The smallest absolute Gasteiger partial charge is 0.259 e. The molecule has 8 heteroatoms. The molecule has 0 aliphatic carbocycles. The highest BCUT2D eigenvalue weighted by molar-refractivity contribution is 6.31. The fourth-order valence-corrected chi connectivity index (χ4v) is 4.88. The minimum atomic E-state index is -0.0149. The number of nitrogens with zero attached hydrogens (tertiary/aromatic N) is 3. The molecule has 1 amide bonds. The lowest BCUT2D eigenvalue weighted by atomic mass is 10.0. The van der Waals surface area contributed by atoms with Gasteiger partial charge in [0.2, 0.25) is 11.8 Å². The van der Waals surface area contributed by atoms with Crippen molar-refractivity contribution in [3.63, 3.8) is 0 Å². The summed E-state index contributed by atoms with van der Waals surface area (Å²) >= 11 is 6.20. The van der Waals surface area contributed by atoms with Gasteiger partial charge in [-0.25, -0.2) is 0 Å². The first-order valence-corrected chi connectivity index (χ1v) is 11.5. The number of pyridine rings is 1. The zero-order valence-electron chi connectivity index (χ0n) is 18.9. The van der Waals surface area contributed by atoms with Gasteiger partial charge in [0.25, 0.3) is 5.91 Å². The van der Waals surface area contributed by atoms with Crippen molar-refractivity contribution in [3.8, 4) is 11.8 Å². The molecule has 2 atom stereocenters. The molecule has 2 fully saturated rings. The maximum atomic E-state index is 13.1. The number of anilines is 1. The SMILES string of the molecule is COc1ccc(C(=O)N2CC3CN(CCCNc4ccc(C)c(Cl)c4)CC3C2)c(OC)n1. The lowest BCUT2D eigenvalue weighted by molar-refractivity contribution is 0.0769. The van der Waals surface area contributed by atoms with Gasteiger partial charge in [0.15, 0.2) is 0 Å². The van der Waals surface area contributed by atoms with E-state index in [-0.39, 0.29) is 5.91 Å². The second-order valence-corrected chi connectivity index (χ2v) is 9.05. The highest BCUT2D eigenvalue weighted by Gasteiger charge is 2.41. The number of amides is 1. The van der Waals surface area contributed by atoms with Crippen LogP contribution in [0.15, 0.2) is 30.3 Å². The predicted molar refractivity (Wildman–Crippen MR) is 126 cm³/mol. The van der Waals surface area contributed by atoms with Crippen molar-refractivity contribution >= 4 is 23.2 Å². The number of fused-ring (bicyclic) bond motifs is 1. The van der Waals surface area contributed by atoms with E-state index in [2.05, 4.69) is 21.3 Å². The average molecular weight is 459 g/mol. The van der Waals surface area contributed by atoms with Gasteiger partial charge in [0.05, 0.1) is 14.2 Å². The molecule has 0 spiro atoms. The van der Waals surface area contributed by atoms with Crippen LogP contribution in [-0.2, 0) is 0 Å². The molecule has 2 unspecified atom stereocenters. The third kappa shape index (κ3) is 4.94. The third-order valence-electron chi connectivity index (χ3n) is 6.47. The summed E-state index contributed by atoms with van der Waals surface area (Å²) in [6.45, 7) is 7.65. The van der Waals surface area contributed by atoms with Crippen molar-refractivity contribution in [2.24, 2.45) is 11.8 Å². The number of aryl methyl sites for hydroxylation is 1. The molecule has 2 aliphatic rings. The van der Waals surface area contributed by atoms with Crippen molar-refractivity contribution in [3.05, 3.63) is 46.5 Å². The lowest BCUT2D eigenvalue weighted by Gasteiger charge is -2.22. The molecular formula is C24H31ClN4O3. The molecule has 1 N–H and O–H groups in total. The zero-order valence-corrected chi connectivity index (χ0v) is 19.7. The maximum Gasteiger partial charge on any atom is 0.259 e. The Morgan fingerprint density at radius 1 is 1.12 bits per heavy atom. The van der Waals surface area contributed by atoms with Crippen LogP contribution in [0.5, 0.6) is 11.8 Å². The summed E-state index contributed by atoms with van der Waals surface area (Å²) in [4.78, 5) is 21.8. The van der Waals surface area contributed by atoms with Crippen molar-refractivity contribution in [2.45, 2.75) is 13.3 Å². The highest BCUT2D eigenvalue weighted by Crippen LogP contribution is 2.33. The summed E-state index contributed by atoms with van der Waals surface area (Å²) in [5.41, 5.74) is 2.65. The molecule has 3 heterocycles. The van der Waals surface area contributed by atoms with Crippen LogP contribution in [0.1, 0.15) is 22.3 Å². The van der Waals surface area contributed by atoms with E-state index in [0.717, 1.165) is 62.0 Å². The van der Waals surface area contributed by atoms with Crippen LogP contribution in [0.3, 0.4) is 0 Å². The van der Waals surface area contributed by atoms with Gasteiger partial charge in [0.1, 0.15) is 5.56 Å². The predicted octanol–water partition coefficient (Wildman–Crippen LogP) is 3.57. The summed E-state index contributed by atoms with van der Waals surface area (Å²) < 4.78 is 10.5. The number of methoxy groups -OCH3 is 2. The number of likely N-dealkylation sites (tertiary alicyclic amines) is 2. The van der Waals surface area contributed by atoms with Gasteiger partial charge in [-0.15, -0.1) is 0 Å². The quantitative estimate of drug-likeness (QED) is 0.610. The molecule has 0 saturated carbocycles. The minimum Gasteiger partial charge on any atom is -0.481 e. The molecular weight excluding hydrogens is 428 g/mol. The van der Waals surface area contributed by atoms with E-state index in [4.69, 9.17) is 21.1 Å². The Morgan fingerprint density at radius 2 is 1.88 bits per heavy atom. The maximum absolute atomic E-state index is 13.1. The van der Waals surface area contributed by atoms with Gasteiger partial charge in [-0.1, -0.05) is 17.7 Å². The monoisotopic (exact) mass is 458 g/mol. The van der Waals surface area contributed by atoms with Crippen LogP contribution in [0.2, 0.25) is 5.02 Å². The summed E-state index contributed by atoms with van der Waals surface area (Å²) in [7, 11) is 3.07. The van der Waals surface area contributed by atoms with E-state index < -0.39 is 0 Å². The zero-order chi connectivity index (χ0) is 22.7. The van der Waals surface area contributed by atoms with Gasteiger partial charge in [0, 0.05) is 49.5 Å². The van der Waals surface area contributed by atoms with Crippen LogP contribution in [0.4, 0.5) is 5.69 Å². The number of aromatic nitrogens is 1. The molecule has 2 aliphatic heterocycles. The second kappa shape index (κ2) is 9.96. The summed E-state index contributed by atoms with van der Waals surface area (Å²) in [5, 5.41) is 4.25. The van der Waals surface area contributed by atoms with Gasteiger partial charge in [-0.05, 0) is 55.5 Å². The van der Waals surface area contributed by atoms with Gasteiger partial charge in [-0.2, -0.15) is 4.98 Å². The molecule has 1 aromatic heterocycles. The van der Waals surface area contributed by atoms with Crippen LogP contribution in [-0.4, -0.2) is 74.2 Å². The fraction of sp³-hybridized carbons (Fsp3) is 0.500. The van der Waals surface area contributed by atoms with E-state index in [1.807, 2.05) is 24.0 Å². The summed E-state index contributed by atoms with van der Waals surface area (Å²) in [6, 6.07) is 9.53. The Hall–Kier alpha value is -2.51. The molecule has 0 bridgehead atoms. The number of rotatable bonds is 8. The standard InChI is InChI=1S/C24H31ClN4O3/c1-16-5-6-19(11-21(16)25)26-9-4-10-28-12-17-14-29(15-18(17)13-28)24(30)20-7-8-22(31-2)27-23(20)32-3/h5-8,11,17-18,26H,4,9-10,12-15H2,1-3H3. The first-order chi connectivity index (χ1) is 15.5. The Morgan fingerprint density at radius 3 is 2.53 bits per heavy atom. The van der Waals surface area contributed by atoms with Crippen molar-refractivity contribution < 1.29 is 14.3 Å². The van der Waals surface area contributed by atoms with Crippen LogP contribution in [0.25, 0.3) is 0 Å². The molecule has 32 heavy (non-hydrogen) atoms. The van der Waals surface area contributed by atoms with E-state index in [0.29, 0.717) is 29.2 Å². The topological polar surface area (TPSA) is 66.9 Å². The van der Waals surface area contributed by atoms with E-state index in [9.17, 15) is 4.79 Å². The number of hydrogen-bond donors (Lipinski definition) is 1. The Kier molecular flexibility index (Phi) is 7.06. The molecule has 2 saturated heterocycles. The van der Waals surface area contributed by atoms with Crippen LogP contribution in [0, 0.1) is 18.8 Å². The molecule has 7 nitrogen and oxygen atoms in total. The number of carbonyl (C=O) groups is 1. The molecule has 4 rings (SSSR count). The van der Waals surface area contributed by atoms with E-state index in [1.165, 1.54) is 7.11 Å². The summed E-state index contributed by atoms with van der Waals surface area (Å²) in [6.07, 6.45) is 1.07. The van der Waals surface area contributed by atoms with Crippen molar-refractivity contribution in [2.75, 3.05) is 58.8 Å². The van der Waals surface area contributed by atoms with Gasteiger partial charge < -0.3 is 24.6 Å². The van der Waals surface area contributed by atoms with Crippen molar-refractivity contribution in [1.29, 1.82) is 0 Å². The number of ether oxygens (including phenoxy) is 2. The Bertz CT molecular complexity index is 956. The highest BCUT2D eigenvalue weighted by atomic mass is 35.5. The Balaban J connectivity index is 1.23. The van der Waals surface area contributed by atoms with E-state index >= 15 is 0 Å². The first-order valence-electron chi connectivity index (χ1n) is 11.1. The lowest BCUT2D eigenvalue weighted by Crippen LogP contribution is -2.34. The Labute approximate surface area is 194 Å². The number of carbonyl (C=O) groups excluding carboxylic acids is 1. The number of hydrogen-bond acceptors (Lipinski definition) is 6. The van der Waals surface area contributed by atoms with Gasteiger partial charge in [-0.3, -0.25) is 4.79 Å². The van der Waals surface area contributed by atoms with Crippen LogP contribution < -0.4 is 14.8 Å². The third-order valence-corrected chi connectivity index (χ3v) is 6.88. The van der Waals surface area contributed by atoms with Crippen molar-refractivity contribution in [1.82, 2.24) is 14.8 Å². The minimum absolute atomic E-state index is 0.0149. The molecule has 2 aromatic rings. The largest absolute Gasteiger partial charge is 0.481 e. The van der Waals surface area contributed by atoms with Crippen LogP contribution >= 0.6 is 11.6 Å². The molecule has 172 valence electrons.